The van der Waals surface area contributed by atoms with Crippen molar-refractivity contribution in [1.29, 1.82) is 0 Å². The molecule has 0 aromatic heterocycles. The Hall–Kier alpha value is -2.90. The average Bonchev–Trinajstić information content (AvgIpc) is 3.60. The van der Waals surface area contributed by atoms with Crippen molar-refractivity contribution in [1.82, 2.24) is 0 Å². The molecule has 2 saturated heterocycles. The molecule has 2 unspecified atom stereocenters. The summed E-state index contributed by atoms with van der Waals surface area (Å²) in [5, 5.41) is 0. The molecule has 0 N–H and O–H groups in total. The summed E-state index contributed by atoms with van der Waals surface area (Å²) in [4.78, 5) is 27.0. The Balaban J connectivity index is 1.41. The van der Waals surface area contributed by atoms with Gasteiger partial charge in [0.1, 0.15) is 36.9 Å². The lowest BCUT2D eigenvalue weighted by molar-refractivity contribution is 0.0925. The molecule has 3 heterocycles. The summed E-state index contributed by atoms with van der Waals surface area (Å²) < 4.78 is 21.6. The molecule has 0 aliphatic carbocycles. The Morgan fingerprint density at radius 2 is 1.63 bits per heavy atom. The molecular weight excluding hydrogens is 350 g/mol. The van der Waals surface area contributed by atoms with Crippen LogP contribution in [0.4, 0.5) is 5.69 Å². The number of benzene rings is 2. The Labute approximate surface area is 155 Å². The molecule has 2 fully saturated rings. The van der Waals surface area contributed by atoms with Crippen molar-refractivity contribution in [3.63, 3.8) is 0 Å². The van der Waals surface area contributed by atoms with E-state index < -0.39 is 5.91 Å². The Morgan fingerprint density at radius 3 is 2.37 bits per heavy atom. The fourth-order valence-corrected chi connectivity index (χ4v) is 3.02. The van der Waals surface area contributed by atoms with E-state index in [4.69, 9.17) is 18.9 Å². The predicted molar refractivity (Wildman–Crippen MR) is 94.5 cm³/mol. The van der Waals surface area contributed by atoms with Gasteiger partial charge in [-0.15, -0.1) is 0 Å². The quantitative estimate of drug-likeness (QED) is 0.550. The molecule has 2 aromatic rings. The van der Waals surface area contributed by atoms with Crippen LogP contribution in [0.15, 0.2) is 42.5 Å². The van der Waals surface area contributed by atoms with Crippen LogP contribution in [0.25, 0.3) is 0 Å². The van der Waals surface area contributed by atoms with Crippen molar-refractivity contribution in [2.75, 3.05) is 31.3 Å². The highest BCUT2D eigenvalue weighted by molar-refractivity contribution is 6.35. The molecular formula is C20H17NO6. The number of nitrogens with zero attached hydrogens (tertiary/aromatic N) is 1. The van der Waals surface area contributed by atoms with Gasteiger partial charge >= 0.3 is 0 Å². The van der Waals surface area contributed by atoms with E-state index in [1.807, 2.05) is 0 Å². The van der Waals surface area contributed by atoms with Crippen LogP contribution in [0.2, 0.25) is 0 Å². The second-order valence-corrected chi connectivity index (χ2v) is 6.65. The molecule has 0 spiro atoms. The highest BCUT2D eigenvalue weighted by atomic mass is 16.6. The number of carbonyl (C=O) groups excluding carboxylic acids is 2. The van der Waals surface area contributed by atoms with Crippen LogP contribution in [0, 0.1) is 0 Å². The standard InChI is InChI=1S/C20H17NO6/c22-19-16-5-2-6-17(27-11-15-10-26-15)18(16)20(23)21(19)12-3-1-4-13(7-12)24-8-14-9-25-14/h1-7,14-15H,8-11H2. The SMILES string of the molecule is O=C1c2cccc(OCC3CO3)c2C(=O)N1c1cccc(OCC2CO2)c1. The molecule has 2 amide bonds. The van der Waals surface area contributed by atoms with Crippen LogP contribution >= 0.6 is 0 Å². The van der Waals surface area contributed by atoms with Gasteiger partial charge in [-0.2, -0.15) is 0 Å². The van der Waals surface area contributed by atoms with Gasteiger partial charge in [0, 0.05) is 6.07 Å². The maximum atomic E-state index is 13.0. The van der Waals surface area contributed by atoms with Crippen LogP contribution in [-0.2, 0) is 9.47 Å². The molecule has 0 radical (unpaired) electrons. The number of amides is 2. The Kier molecular flexibility index (Phi) is 3.84. The van der Waals surface area contributed by atoms with Gasteiger partial charge in [0.15, 0.2) is 0 Å². The third-order valence-electron chi connectivity index (χ3n) is 4.62. The molecule has 7 nitrogen and oxygen atoms in total. The number of ether oxygens (including phenoxy) is 4. The number of hydrogen-bond acceptors (Lipinski definition) is 6. The lowest BCUT2D eigenvalue weighted by Gasteiger charge is -2.15. The zero-order valence-electron chi connectivity index (χ0n) is 14.4. The summed E-state index contributed by atoms with van der Waals surface area (Å²) in [6, 6.07) is 12.0. The molecule has 0 bridgehead atoms. The second-order valence-electron chi connectivity index (χ2n) is 6.65. The van der Waals surface area contributed by atoms with Gasteiger partial charge in [-0.1, -0.05) is 12.1 Å². The highest BCUT2D eigenvalue weighted by Gasteiger charge is 2.39. The van der Waals surface area contributed by atoms with E-state index in [0.29, 0.717) is 54.7 Å². The van der Waals surface area contributed by atoms with Gasteiger partial charge in [0.05, 0.1) is 30.0 Å². The second kappa shape index (κ2) is 6.37. The zero-order valence-corrected chi connectivity index (χ0v) is 14.4. The lowest BCUT2D eigenvalue weighted by atomic mass is 10.1. The number of epoxide rings is 2. The Bertz CT molecular complexity index is 918. The highest BCUT2D eigenvalue weighted by Crippen LogP contribution is 2.35. The van der Waals surface area contributed by atoms with Gasteiger partial charge in [-0.3, -0.25) is 9.59 Å². The van der Waals surface area contributed by atoms with Crippen LogP contribution in [0.1, 0.15) is 20.7 Å². The van der Waals surface area contributed by atoms with Crippen LogP contribution < -0.4 is 14.4 Å². The minimum Gasteiger partial charge on any atom is -0.491 e. The van der Waals surface area contributed by atoms with E-state index >= 15 is 0 Å². The van der Waals surface area contributed by atoms with E-state index in [9.17, 15) is 9.59 Å². The molecule has 2 aromatic carbocycles. The van der Waals surface area contributed by atoms with E-state index in [-0.39, 0.29) is 18.1 Å². The monoisotopic (exact) mass is 367 g/mol. The van der Waals surface area contributed by atoms with Crippen LogP contribution in [-0.4, -0.2) is 50.4 Å². The molecule has 138 valence electrons. The first-order chi connectivity index (χ1) is 13.2. The van der Waals surface area contributed by atoms with Crippen molar-refractivity contribution in [2.45, 2.75) is 12.2 Å². The summed E-state index contributed by atoms with van der Waals surface area (Å²) in [6.45, 7) is 2.18. The summed E-state index contributed by atoms with van der Waals surface area (Å²) >= 11 is 0. The number of fused-ring (bicyclic) bond motifs is 1. The smallest absolute Gasteiger partial charge is 0.269 e. The first-order valence-electron chi connectivity index (χ1n) is 8.81. The van der Waals surface area contributed by atoms with Crippen molar-refractivity contribution in [3.05, 3.63) is 53.6 Å². The number of rotatable bonds is 7. The molecule has 3 aliphatic heterocycles. The molecule has 5 rings (SSSR count). The summed E-state index contributed by atoms with van der Waals surface area (Å²) in [5.74, 6) is 0.222. The first kappa shape index (κ1) is 16.3. The zero-order chi connectivity index (χ0) is 18.4. The molecule has 27 heavy (non-hydrogen) atoms. The van der Waals surface area contributed by atoms with Crippen molar-refractivity contribution in [2.24, 2.45) is 0 Å². The fraction of sp³-hybridized carbons (Fsp3) is 0.300. The van der Waals surface area contributed by atoms with Gasteiger partial charge in [0.2, 0.25) is 0 Å². The van der Waals surface area contributed by atoms with E-state index in [2.05, 4.69) is 0 Å². The van der Waals surface area contributed by atoms with Crippen LogP contribution in [0.5, 0.6) is 11.5 Å². The van der Waals surface area contributed by atoms with Gasteiger partial charge in [-0.05, 0) is 24.3 Å². The maximum Gasteiger partial charge on any atom is 0.269 e. The van der Waals surface area contributed by atoms with Gasteiger partial charge in [-0.25, -0.2) is 4.90 Å². The van der Waals surface area contributed by atoms with Crippen molar-refractivity contribution in [3.8, 4) is 11.5 Å². The summed E-state index contributed by atoms with van der Waals surface area (Å²) in [6.07, 6.45) is 0.191. The third-order valence-corrected chi connectivity index (χ3v) is 4.62. The maximum absolute atomic E-state index is 13.0. The minimum atomic E-state index is -0.398. The van der Waals surface area contributed by atoms with E-state index in [1.165, 1.54) is 0 Å². The minimum absolute atomic E-state index is 0.0634. The van der Waals surface area contributed by atoms with Gasteiger partial charge < -0.3 is 18.9 Å². The number of carbonyl (C=O) groups is 2. The lowest BCUT2D eigenvalue weighted by Crippen LogP contribution is -2.29. The van der Waals surface area contributed by atoms with Crippen molar-refractivity contribution >= 4 is 17.5 Å². The van der Waals surface area contributed by atoms with Crippen LogP contribution in [0.3, 0.4) is 0 Å². The summed E-state index contributed by atoms with van der Waals surface area (Å²) in [5.41, 5.74) is 1.10. The fourth-order valence-electron chi connectivity index (χ4n) is 3.02. The van der Waals surface area contributed by atoms with E-state index in [0.717, 1.165) is 4.90 Å². The molecule has 3 aliphatic rings. The largest absolute Gasteiger partial charge is 0.491 e. The third kappa shape index (κ3) is 3.15. The summed E-state index contributed by atoms with van der Waals surface area (Å²) in [7, 11) is 0. The number of imide groups is 1. The predicted octanol–water partition coefficient (Wildman–Crippen LogP) is 2.04. The topological polar surface area (TPSA) is 80.9 Å². The number of hydrogen-bond donors (Lipinski definition) is 0. The Morgan fingerprint density at radius 1 is 0.926 bits per heavy atom. The van der Waals surface area contributed by atoms with E-state index in [1.54, 1.807) is 42.5 Å². The molecule has 7 heteroatoms. The first-order valence-corrected chi connectivity index (χ1v) is 8.81. The molecule has 0 saturated carbocycles. The van der Waals surface area contributed by atoms with Crippen molar-refractivity contribution < 1.29 is 28.5 Å². The van der Waals surface area contributed by atoms with Gasteiger partial charge in [0.25, 0.3) is 11.8 Å². The normalized spacial score (nSPS) is 22.6. The molecule has 2 atom stereocenters. The number of anilines is 1. The average molecular weight is 367 g/mol.